The van der Waals surface area contributed by atoms with Crippen molar-refractivity contribution < 1.29 is 19.1 Å². The molecule has 1 rings (SSSR count). The Kier molecular flexibility index (Phi) is 7.17. The van der Waals surface area contributed by atoms with E-state index in [0.717, 1.165) is 6.54 Å². The zero-order valence-electron chi connectivity index (χ0n) is 12.1. The van der Waals surface area contributed by atoms with Crippen LogP contribution < -0.4 is 10.6 Å². The van der Waals surface area contributed by atoms with Crippen LogP contribution in [-0.4, -0.2) is 62.5 Å². The predicted molar refractivity (Wildman–Crippen MR) is 72.9 cm³/mol. The largest absolute Gasteiger partial charge is 0.379 e. The normalized spacial score (nSPS) is 18.7. The van der Waals surface area contributed by atoms with Gasteiger partial charge in [0.1, 0.15) is 0 Å². The van der Waals surface area contributed by atoms with Crippen LogP contribution in [-0.2, 0) is 19.1 Å². The van der Waals surface area contributed by atoms with E-state index in [0.29, 0.717) is 6.54 Å². The first-order chi connectivity index (χ1) is 9.56. The number of hydrogen-bond donors (Lipinski definition) is 2. The third-order valence-electron chi connectivity index (χ3n) is 3.10. The Morgan fingerprint density at radius 2 is 2.10 bits per heavy atom. The van der Waals surface area contributed by atoms with Gasteiger partial charge in [-0.1, -0.05) is 6.92 Å². The van der Waals surface area contributed by atoms with E-state index in [1.807, 2.05) is 7.05 Å². The molecule has 0 aromatic rings. The van der Waals surface area contributed by atoms with E-state index < -0.39 is 0 Å². The Morgan fingerprint density at radius 1 is 1.35 bits per heavy atom. The summed E-state index contributed by atoms with van der Waals surface area (Å²) in [6, 6.07) is 0. The van der Waals surface area contributed by atoms with Gasteiger partial charge < -0.3 is 15.4 Å². The summed E-state index contributed by atoms with van der Waals surface area (Å²) in [6.45, 7) is 3.89. The highest BCUT2D eigenvalue weighted by Crippen LogP contribution is 2.17. The lowest BCUT2D eigenvalue weighted by Gasteiger charge is -2.14. The van der Waals surface area contributed by atoms with Crippen molar-refractivity contribution in [3.05, 3.63) is 0 Å². The van der Waals surface area contributed by atoms with Crippen molar-refractivity contribution in [3.63, 3.8) is 0 Å². The molecule has 0 aliphatic carbocycles. The summed E-state index contributed by atoms with van der Waals surface area (Å²) in [5.41, 5.74) is 0. The molecule has 1 atom stereocenters. The molecule has 1 fully saturated rings. The second kappa shape index (κ2) is 8.65. The third-order valence-corrected chi connectivity index (χ3v) is 3.10. The number of carbonyl (C=O) groups excluding carboxylic acids is 3. The fraction of sp³-hybridized carbons (Fsp3) is 0.769. The number of nitrogens with zero attached hydrogens (tertiary/aromatic N) is 1. The second-order valence-corrected chi connectivity index (χ2v) is 4.80. The van der Waals surface area contributed by atoms with Crippen LogP contribution in [0.4, 0.5) is 0 Å². The highest BCUT2D eigenvalue weighted by Gasteiger charge is 2.34. The zero-order valence-corrected chi connectivity index (χ0v) is 12.1. The van der Waals surface area contributed by atoms with Crippen LogP contribution >= 0.6 is 0 Å². The average Bonchev–Trinajstić information content (AvgIpc) is 2.64. The molecule has 3 amide bonds. The molecule has 0 saturated carbocycles. The van der Waals surface area contributed by atoms with Crippen LogP contribution in [0.2, 0.25) is 0 Å². The molecular formula is C13H23N3O4. The summed E-state index contributed by atoms with van der Waals surface area (Å²) >= 11 is 0. The van der Waals surface area contributed by atoms with Crippen LogP contribution in [0.5, 0.6) is 0 Å². The molecule has 0 aromatic carbocycles. The van der Waals surface area contributed by atoms with E-state index >= 15 is 0 Å². The number of amides is 3. The van der Waals surface area contributed by atoms with E-state index in [1.165, 1.54) is 4.90 Å². The van der Waals surface area contributed by atoms with Gasteiger partial charge in [-0.3, -0.25) is 19.3 Å². The lowest BCUT2D eigenvalue weighted by Crippen LogP contribution is -2.34. The van der Waals surface area contributed by atoms with Crippen LogP contribution in [0, 0.1) is 5.92 Å². The van der Waals surface area contributed by atoms with Crippen molar-refractivity contribution in [1.29, 1.82) is 0 Å². The number of hydrogen-bond acceptors (Lipinski definition) is 5. The average molecular weight is 285 g/mol. The van der Waals surface area contributed by atoms with Gasteiger partial charge >= 0.3 is 0 Å². The van der Waals surface area contributed by atoms with E-state index in [2.05, 4.69) is 10.6 Å². The van der Waals surface area contributed by atoms with Crippen LogP contribution in [0.1, 0.15) is 19.8 Å². The van der Waals surface area contributed by atoms with Crippen LogP contribution in [0.3, 0.4) is 0 Å². The highest BCUT2D eigenvalue weighted by atomic mass is 16.5. The van der Waals surface area contributed by atoms with Gasteiger partial charge in [-0.2, -0.15) is 0 Å². The lowest BCUT2D eigenvalue weighted by molar-refractivity contribution is -0.140. The van der Waals surface area contributed by atoms with Gasteiger partial charge in [0.05, 0.1) is 19.8 Å². The SMILES string of the molecule is CNCCNC(=O)CCOCCN1C(=O)CC(C)C1=O. The molecule has 7 heteroatoms. The van der Waals surface area contributed by atoms with Crippen molar-refractivity contribution in [3.8, 4) is 0 Å². The standard InChI is InChI=1S/C13H23N3O4/c1-10-9-12(18)16(13(10)19)6-8-20-7-3-11(17)15-5-4-14-2/h10,14H,3-9H2,1-2H3,(H,15,17). The summed E-state index contributed by atoms with van der Waals surface area (Å²) in [5.74, 6) is -0.568. The van der Waals surface area contributed by atoms with E-state index in [-0.39, 0.29) is 56.2 Å². The second-order valence-electron chi connectivity index (χ2n) is 4.80. The summed E-state index contributed by atoms with van der Waals surface area (Å²) in [5, 5.41) is 5.66. The topological polar surface area (TPSA) is 87.7 Å². The molecule has 1 aliphatic heterocycles. The van der Waals surface area contributed by atoms with Crippen molar-refractivity contribution in [2.24, 2.45) is 5.92 Å². The molecular weight excluding hydrogens is 262 g/mol. The molecule has 1 saturated heterocycles. The van der Waals surface area contributed by atoms with Gasteiger partial charge in [-0.05, 0) is 7.05 Å². The van der Waals surface area contributed by atoms with Gasteiger partial charge in [-0.25, -0.2) is 0 Å². The summed E-state index contributed by atoms with van der Waals surface area (Å²) < 4.78 is 5.28. The highest BCUT2D eigenvalue weighted by molar-refractivity contribution is 6.03. The van der Waals surface area contributed by atoms with Crippen molar-refractivity contribution in [1.82, 2.24) is 15.5 Å². The quantitative estimate of drug-likeness (QED) is 0.424. The number of likely N-dealkylation sites (tertiary alicyclic amines) is 1. The summed E-state index contributed by atoms with van der Waals surface area (Å²) in [4.78, 5) is 35.7. The maximum Gasteiger partial charge on any atom is 0.232 e. The zero-order chi connectivity index (χ0) is 15.0. The van der Waals surface area contributed by atoms with Gasteiger partial charge in [0.15, 0.2) is 0 Å². The van der Waals surface area contributed by atoms with Gasteiger partial charge in [0.25, 0.3) is 0 Å². The Hall–Kier alpha value is -1.47. The monoisotopic (exact) mass is 285 g/mol. The number of ether oxygens (including phenoxy) is 1. The van der Waals surface area contributed by atoms with Crippen LogP contribution in [0.25, 0.3) is 0 Å². The molecule has 0 aromatic heterocycles. The van der Waals surface area contributed by atoms with Crippen molar-refractivity contribution >= 4 is 17.7 Å². The minimum absolute atomic E-state index is 0.0674. The third kappa shape index (κ3) is 5.26. The summed E-state index contributed by atoms with van der Waals surface area (Å²) in [6.07, 6.45) is 0.564. The van der Waals surface area contributed by atoms with Crippen molar-refractivity contribution in [2.45, 2.75) is 19.8 Å². The molecule has 7 nitrogen and oxygen atoms in total. The predicted octanol–water partition coefficient (Wildman–Crippen LogP) is -0.876. The number of likely N-dealkylation sites (N-methyl/N-ethyl adjacent to an activating group) is 1. The van der Waals surface area contributed by atoms with E-state index in [9.17, 15) is 14.4 Å². The maximum atomic E-state index is 11.6. The minimum Gasteiger partial charge on any atom is -0.379 e. The van der Waals surface area contributed by atoms with E-state index in [4.69, 9.17) is 4.74 Å². The van der Waals surface area contributed by atoms with Crippen molar-refractivity contribution in [2.75, 3.05) is 39.9 Å². The molecule has 114 valence electrons. The molecule has 0 radical (unpaired) electrons. The fourth-order valence-electron chi connectivity index (χ4n) is 1.92. The fourth-order valence-corrected chi connectivity index (χ4v) is 1.92. The van der Waals surface area contributed by atoms with Crippen LogP contribution in [0.15, 0.2) is 0 Å². The van der Waals surface area contributed by atoms with Gasteiger partial charge in [0, 0.05) is 31.8 Å². The number of nitrogens with one attached hydrogen (secondary N) is 2. The molecule has 1 heterocycles. The molecule has 2 N–H and O–H groups in total. The smallest absolute Gasteiger partial charge is 0.232 e. The molecule has 0 bridgehead atoms. The maximum absolute atomic E-state index is 11.6. The van der Waals surface area contributed by atoms with Gasteiger partial charge in [0.2, 0.25) is 17.7 Å². The summed E-state index contributed by atoms with van der Waals surface area (Å²) in [7, 11) is 1.82. The number of carbonyl (C=O) groups is 3. The molecule has 1 unspecified atom stereocenters. The number of imide groups is 1. The lowest BCUT2D eigenvalue weighted by atomic mass is 10.1. The Labute approximate surface area is 119 Å². The Balaban J connectivity index is 2.06. The first-order valence-corrected chi connectivity index (χ1v) is 6.89. The molecule has 1 aliphatic rings. The first kappa shape index (κ1) is 16.6. The first-order valence-electron chi connectivity index (χ1n) is 6.89. The molecule has 20 heavy (non-hydrogen) atoms. The Bertz CT molecular complexity index is 360. The molecule has 0 spiro atoms. The number of rotatable bonds is 9. The Morgan fingerprint density at radius 3 is 2.70 bits per heavy atom. The van der Waals surface area contributed by atoms with Gasteiger partial charge in [-0.15, -0.1) is 0 Å². The van der Waals surface area contributed by atoms with E-state index in [1.54, 1.807) is 6.92 Å². The minimum atomic E-state index is -0.222.